The van der Waals surface area contributed by atoms with Crippen molar-refractivity contribution in [3.63, 3.8) is 0 Å². The van der Waals surface area contributed by atoms with E-state index in [1.54, 1.807) is 6.08 Å². The fourth-order valence-electron chi connectivity index (χ4n) is 1.49. The molecule has 4 heteroatoms. The summed E-state index contributed by atoms with van der Waals surface area (Å²) in [7, 11) is 1.27. The van der Waals surface area contributed by atoms with E-state index in [0.29, 0.717) is 12.8 Å². The summed E-state index contributed by atoms with van der Waals surface area (Å²) >= 11 is 0. The molecular weight excluding hydrogens is 172 g/mol. The smallest absolute Gasteiger partial charge is 0.313 e. The summed E-state index contributed by atoms with van der Waals surface area (Å²) in [6.07, 6.45) is 4.66. The van der Waals surface area contributed by atoms with Crippen LogP contribution in [0, 0.1) is 11.8 Å². The van der Waals surface area contributed by atoms with Gasteiger partial charge in [-0.05, 0) is 12.8 Å². The fourth-order valence-corrected chi connectivity index (χ4v) is 1.49. The number of hydrogen-bond acceptors (Lipinski definition) is 3. The molecule has 0 bridgehead atoms. The summed E-state index contributed by atoms with van der Waals surface area (Å²) in [5.41, 5.74) is 0. The maximum absolute atomic E-state index is 11.1. The van der Waals surface area contributed by atoms with Gasteiger partial charge in [0.1, 0.15) is 0 Å². The summed E-state index contributed by atoms with van der Waals surface area (Å²) in [4.78, 5) is 21.9. The molecular formula is C9H12O4. The molecule has 0 radical (unpaired) electrons. The highest BCUT2D eigenvalue weighted by Crippen LogP contribution is 2.25. The Labute approximate surface area is 76.2 Å². The van der Waals surface area contributed by atoms with Crippen LogP contribution in [0.4, 0.5) is 0 Å². The van der Waals surface area contributed by atoms with Gasteiger partial charge in [-0.1, -0.05) is 12.2 Å². The number of esters is 1. The largest absolute Gasteiger partial charge is 0.481 e. The third-order valence-electron chi connectivity index (χ3n) is 2.21. The normalized spacial score (nSPS) is 26.8. The highest BCUT2D eigenvalue weighted by molar-refractivity contribution is 5.82. The third kappa shape index (κ3) is 2.08. The van der Waals surface area contributed by atoms with Crippen molar-refractivity contribution in [2.24, 2.45) is 11.8 Å². The predicted octanol–water partition coefficient (Wildman–Crippen LogP) is 0.826. The number of carbonyl (C=O) groups excluding carboxylic acids is 1. The second kappa shape index (κ2) is 4.07. The van der Waals surface area contributed by atoms with Gasteiger partial charge in [0.15, 0.2) is 0 Å². The van der Waals surface area contributed by atoms with Crippen molar-refractivity contribution in [2.75, 3.05) is 7.11 Å². The average Bonchev–Trinajstić information content (AvgIpc) is 2.16. The summed E-state index contributed by atoms with van der Waals surface area (Å²) in [5.74, 6) is -2.64. The summed E-state index contributed by atoms with van der Waals surface area (Å²) in [5, 5.41) is 8.81. The van der Waals surface area contributed by atoms with Crippen molar-refractivity contribution in [1.29, 1.82) is 0 Å². The highest BCUT2D eigenvalue weighted by Gasteiger charge is 2.33. The SMILES string of the molecule is COC(=O)C1C=CCCC1C(=O)O. The molecule has 1 aliphatic rings. The van der Waals surface area contributed by atoms with E-state index in [-0.39, 0.29) is 0 Å². The van der Waals surface area contributed by atoms with Crippen LogP contribution in [-0.4, -0.2) is 24.2 Å². The number of ether oxygens (including phenoxy) is 1. The van der Waals surface area contributed by atoms with E-state index in [4.69, 9.17) is 5.11 Å². The molecule has 1 N–H and O–H groups in total. The lowest BCUT2D eigenvalue weighted by atomic mass is 9.84. The van der Waals surface area contributed by atoms with Crippen molar-refractivity contribution in [3.8, 4) is 0 Å². The molecule has 4 nitrogen and oxygen atoms in total. The maximum Gasteiger partial charge on any atom is 0.313 e. The van der Waals surface area contributed by atoms with E-state index >= 15 is 0 Å². The van der Waals surface area contributed by atoms with E-state index in [9.17, 15) is 9.59 Å². The molecule has 1 rings (SSSR count). The molecule has 0 fully saturated rings. The first kappa shape index (κ1) is 9.77. The summed E-state index contributed by atoms with van der Waals surface area (Å²) in [6, 6.07) is 0. The van der Waals surface area contributed by atoms with Crippen LogP contribution >= 0.6 is 0 Å². The van der Waals surface area contributed by atoms with Gasteiger partial charge in [-0.3, -0.25) is 9.59 Å². The molecule has 0 spiro atoms. The topological polar surface area (TPSA) is 63.6 Å². The quantitative estimate of drug-likeness (QED) is 0.510. The fraction of sp³-hybridized carbons (Fsp3) is 0.556. The van der Waals surface area contributed by atoms with Gasteiger partial charge >= 0.3 is 11.9 Å². The summed E-state index contributed by atoms with van der Waals surface area (Å²) < 4.78 is 4.52. The molecule has 0 aromatic rings. The molecule has 2 atom stereocenters. The van der Waals surface area contributed by atoms with Crippen molar-refractivity contribution in [1.82, 2.24) is 0 Å². The van der Waals surface area contributed by atoms with E-state index < -0.39 is 23.8 Å². The van der Waals surface area contributed by atoms with Crippen LogP contribution in [0.2, 0.25) is 0 Å². The van der Waals surface area contributed by atoms with Gasteiger partial charge in [-0.15, -0.1) is 0 Å². The zero-order chi connectivity index (χ0) is 9.84. The van der Waals surface area contributed by atoms with Crippen molar-refractivity contribution in [3.05, 3.63) is 12.2 Å². The second-order valence-corrected chi connectivity index (χ2v) is 3.00. The Kier molecular flexibility index (Phi) is 3.06. The number of carbonyl (C=O) groups is 2. The van der Waals surface area contributed by atoms with Crippen molar-refractivity contribution in [2.45, 2.75) is 12.8 Å². The molecule has 72 valence electrons. The summed E-state index contributed by atoms with van der Waals surface area (Å²) in [6.45, 7) is 0. The minimum absolute atomic E-state index is 0.469. The standard InChI is InChI=1S/C9H12O4/c1-13-9(12)7-5-3-2-4-6(7)8(10)11/h3,5-7H,2,4H2,1H3,(H,10,11). The Bertz CT molecular complexity index is 244. The highest BCUT2D eigenvalue weighted by atomic mass is 16.5. The molecule has 1 aliphatic carbocycles. The van der Waals surface area contributed by atoms with Crippen LogP contribution in [0.1, 0.15) is 12.8 Å². The molecule has 2 unspecified atom stereocenters. The van der Waals surface area contributed by atoms with Crippen LogP contribution in [0.3, 0.4) is 0 Å². The zero-order valence-electron chi connectivity index (χ0n) is 7.40. The molecule has 0 saturated carbocycles. The van der Waals surface area contributed by atoms with Gasteiger partial charge in [0.2, 0.25) is 0 Å². The second-order valence-electron chi connectivity index (χ2n) is 3.00. The molecule has 0 heterocycles. The van der Waals surface area contributed by atoms with Gasteiger partial charge < -0.3 is 9.84 Å². The monoisotopic (exact) mass is 184 g/mol. The van der Waals surface area contributed by atoms with E-state index in [2.05, 4.69) is 4.74 Å². The molecule has 0 aliphatic heterocycles. The maximum atomic E-state index is 11.1. The van der Waals surface area contributed by atoms with Crippen molar-refractivity contribution < 1.29 is 19.4 Å². The minimum atomic E-state index is -0.931. The van der Waals surface area contributed by atoms with Gasteiger partial charge in [0.25, 0.3) is 0 Å². The number of carboxylic acid groups (broad SMARTS) is 1. The zero-order valence-corrected chi connectivity index (χ0v) is 7.40. The predicted molar refractivity (Wildman–Crippen MR) is 45.0 cm³/mol. The van der Waals surface area contributed by atoms with Crippen LogP contribution in [-0.2, 0) is 14.3 Å². The Morgan fingerprint density at radius 2 is 2.23 bits per heavy atom. The van der Waals surface area contributed by atoms with Gasteiger partial charge in [0.05, 0.1) is 18.9 Å². The first-order valence-corrected chi connectivity index (χ1v) is 4.14. The third-order valence-corrected chi connectivity index (χ3v) is 2.21. The van der Waals surface area contributed by atoms with Crippen LogP contribution < -0.4 is 0 Å². The number of rotatable bonds is 2. The lowest BCUT2D eigenvalue weighted by Crippen LogP contribution is -2.31. The molecule has 13 heavy (non-hydrogen) atoms. The van der Waals surface area contributed by atoms with Crippen LogP contribution in [0.25, 0.3) is 0 Å². The van der Waals surface area contributed by atoms with E-state index in [1.807, 2.05) is 6.08 Å². The van der Waals surface area contributed by atoms with Gasteiger partial charge in [0, 0.05) is 0 Å². The van der Waals surface area contributed by atoms with Crippen LogP contribution in [0.5, 0.6) is 0 Å². The van der Waals surface area contributed by atoms with Crippen LogP contribution in [0.15, 0.2) is 12.2 Å². The number of allylic oxidation sites excluding steroid dienone is 1. The molecule has 0 aromatic heterocycles. The average molecular weight is 184 g/mol. The number of carboxylic acids is 1. The lowest BCUT2D eigenvalue weighted by Gasteiger charge is -2.21. The lowest BCUT2D eigenvalue weighted by molar-refractivity contribution is -0.154. The van der Waals surface area contributed by atoms with Gasteiger partial charge in [-0.2, -0.15) is 0 Å². The number of methoxy groups -OCH3 is 1. The van der Waals surface area contributed by atoms with Gasteiger partial charge in [-0.25, -0.2) is 0 Å². The Balaban J connectivity index is 2.77. The Hall–Kier alpha value is -1.32. The van der Waals surface area contributed by atoms with Crippen molar-refractivity contribution >= 4 is 11.9 Å². The molecule has 0 amide bonds. The molecule has 0 aromatic carbocycles. The first-order valence-electron chi connectivity index (χ1n) is 4.14. The van der Waals surface area contributed by atoms with E-state index in [1.165, 1.54) is 7.11 Å². The number of aliphatic carboxylic acids is 1. The Morgan fingerprint density at radius 1 is 1.54 bits per heavy atom. The Morgan fingerprint density at radius 3 is 2.77 bits per heavy atom. The van der Waals surface area contributed by atoms with E-state index in [0.717, 1.165) is 0 Å². The minimum Gasteiger partial charge on any atom is -0.481 e. The number of hydrogen-bond donors (Lipinski definition) is 1. The first-order chi connectivity index (χ1) is 6.16. The molecule has 0 saturated heterocycles.